The number of rotatable bonds is 15. The first-order valence-electron chi connectivity index (χ1n) is 16.2. The van der Waals surface area contributed by atoms with Gasteiger partial charge in [0.25, 0.3) is 5.91 Å². The molecule has 0 aliphatic heterocycles. The Morgan fingerprint density at radius 3 is 2.40 bits per heavy atom. The van der Waals surface area contributed by atoms with Gasteiger partial charge in [-0.05, 0) is 98.6 Å². The molecule has 45 heavy (non-hydrogen) atoms. The summed E-state index contributed by atoms with van der Waals surface area (Å²) < 4.78 is 5.59. The number of nitrogens with zero attached hydrogens (tertiary/aromatic N) is 1. The average molecular weight is 657 g/mol. The zero-order valence-electron chi connectivity index (χ0n) is 27.9. The van der Waals surface area contributed by atoms with E-state index in [1.165, 1.54) is 50.3 Å². The molecule has 2 N–H and O–H groups in total. The highest BCUT2D eigenvalue weighted by molar-refractivity contribution is 7.99. The van der Waals surface area contributed by atoms with Crippen LogP contribution in [-0.2, 0) is 16.1 Å². The van der Waals surface area contributed by atoms with Gasteiger partial charge in [0.15, 0.2) is 0 Å². The highest BCUT2D eigenvalue weighted by atomic mass is 32.2. The number of ether oxygens (including phenoxy) is 1. The molecule has 0 radical (unpaired) electrons. The molecule has 1 unspecified atom stereocenters. The van der Waals surface area contributed by atoms with Crippen LogP contribution in [0, 0.1) is 12.8 Å². The average Bonchev–Trinajstić information content (AvgIpc) is 2.99. The molecule has 3 rings (SSSR count). The Morgan fingerprint density at radius 1 is 1.07 bits per heavy atom. The smallest absolute Gasteiger partial charge is 0.418 e. The van der Waals surface area contributed by atoms with Crippen LogP contribution < -0.4 is 5.32 Å². The van der Waals surface area contributed by atoms with Crippen LogP contribution in [0.3, 0.4) is 0 Å². The third-order valence-corrected chi connectivity index (χ3v) is 9.90. The van der Waals surface area contributed by atoms with Crippen LogP contribution >= 0.6 is 23.5 Å². The number of aliphatic carboxylic acids is 1. The summed E-state index contributed by atoms with van der Waals surface area (Å²) in [6.45, 7) is 9.94. The fourth-order valence-corrected chi connectivity index (χ4v) is 7.16. The van der Waals surface area contributed by atoms with Gasteiger partial charge in [0, 0.05) is 23.9 Å². The Labute approximate surface area is 278 Å². The molecule has 0 aromatic heterocycles. The van der Waals surface area contributed by atoms with Gasteiger partial charge in [-0.15, -0.1) is 0 Å². The molecule has 7 nitrogen and oxygen atoms in total. The summed E-state index contributed by atoms with van der Waals surface area (Å²) in [6.07, 6.45) is 8.82. The zero-order valence-corrected chi connectivity index (χ0v) is 29.5. The van der Waals surface area contributed by atoms with E-state index < -0.39 is 29.6 Å². The molecule has 0 spiro atoms. The van der Waals surface area contributed by atoms with Gasteiger partial charge in [-0.2, -0.15) is 23.5 Å². The Balaban J connectivity index is 2.00. The molecular formula is C36H52N2O5S2. The predicted octanol–water partition coefficient (Wildman–Crippen LogP) is 8.43. The first-order valence-corrected chi connectivity index (χ1v) is 18.8. The van der Waals surface area contributed by atoms with E-state index in [1.807, 2.05) is 61.3 Å². The van der Waals surface area contributed by atoms with Crippen molar-refractivity contribution in [2.24, 2.45) is 5.92 Å². The Bertz CT molecular complexity index is 1270. The van der Waals surface area contributed by atoms with Crippen LogP contribution in [0.5, 0.6) is 0 Å². The number of imide groups is 1. The Morgan fingerprint density at radius 2 is 1.78 bits per heavy atom. The van der Waals surface area contributed by atoms with Crippen molar-refractivity contribution in [1.29, 1.82) is 0 Å². The molecule has 1 saturated carbocycles. The second-order valence-electron chi connectivity index (χ2n) is 13.0. The Kier molecular flexibility index (Phi) is 14.8. The van der Waals surface area contributed by atoms with Gasteiger partial charge in [-0.25, -0.2) is 14.5 Å². The molecule has 1 aliphatic rings. The SMILES string of the molecule is CCSCC(CC1CCCCC1)NCc1ccc(C(=O)N(C(=O)OC(C)(C)C)[C@@H](CCSC)C(=O)O)c(-c2ccccc2C)c1. The molecule has 2 atom stereocenters. The number of thioether (sulfide) groups is 2. The number of amides is 2. The van der Waals surface area contributed by atoms with Gasteiger partial charge in [-0.1, -0.05) is 69.4 Å². The van der Waals surface area contributed by atoms with Gasteiger partial charge < -0.3 is 15.2 Å². The highest BCUT2D eigenvalue weighted by Crippen LogP contribution is 2.32. The normalized spacial score (nSPS) is 15.3. The summed E-state index contributed by atoms with van der Waals surface area (Å²) in [4.78, 5) is 41.1. The molecule has 0 bridgehead atoms. The van der Waals surface area contributed by atoms with E-state index in [2.05, 4.69) is 12.2 Å². The molecule has 1 aliphatic carbocycles. The first-order chi connectivity index (χ1) is 21.4. The van der Waals surface area contributed by atoms with Crippen LogP contribution in [-0.4, -0.2) is 69.2 Å². The fourth-order valence-electron chi connectivity index (χ4n) is 5.93. The van der Waals surface area contributed by atoms with E-state index in [0.29, 0.717) is 23.9 Å². The van der Waals surface area contributed by atoms with E-state index >= 15 is 0 Å². The number of carbonyl (C=O) groups excluding carboxylic acids is 2. The lowest BCUT2D eigenvalue weighted by Crippen LogP contribution is -2.50. The van der Waals surface area contributed by atoms with Crippen LogP contribution in [0.2, 0.25) is 0 Å². The molecule has 9 heteroatoms. The third kappa shape index (κ3) is 11.4. The maximum absolute atomic E-state index is 14.3. The largest absolute Gasteiger partial charge is 0.480 e. The lowest BCUT2D eigenvalue weighted by atomic mass is 9.85. The molecule has 2 aromatic rings. The fraction of sp³-hybridized carbons (Fsp3) is 0.583. The van der Waals surface area contributed by atoms with Crippen molar-refractivity contribution in [3.8, 4) is 11.1 Å². The van der Waals surface area contributed by atoms with Crippen molar-refractivity contribution in [2.45, 2.75) is 104 Å². The minimum Gasteiger partial charge on any atom is -0.480 e. The number of carbonyl (C=O) groups is 3. The molecule has 2 aromatic carbocycles. The van der Waals surface area contributed by atoms with Crippen molar-refractivity contribution in [1.82, 2.24) is 10.2 Å². The quantitative estimate of drug-likeness (QED) is 0.197. The van der Waals surface area contributed by atoms with Crippen LogP contribution in [0.1, 0.15) is 94.1 Å². The highest BCUT2D eigenvalue weighted by Gasteiger charge is 2.39. The number of nitrogens with one attached hydrogen (secondary N) is 1. The summed E-state index contributed by atoms with van der Waals surface area (Å²) in [5.41, 5.74) is 2.91. The summed E-state index contributed by atoms with van der Waals surface area (Å²) in [5, 5.41) is 14.0. The second kappa shape index (κ2) is 18.0. The van der Waals surface area contributed by atoms with Crippen molar-refractivity contribution < 1.29 is 24.2 Å². The van der Waals surface area contributed by atoms with Gasteiger partial charge in [0.05, 0.1) is 0 Å². The monoisotopic (exact) mass is 656 g/mol. The molecule has 0 saturated heterocycles. The number of hydrogen-bond donors (Lipinski definition) is 2. The molecular weight excluding hydrogens is 605 g/mol. The van der Waals surface area contributed by atoms with Crippen molar-refractivity contribution in [3.05, 3.63) is 59.2 Å². The minimum atomic E-state index is -1.36. The standard InChI is InChI=1S/C36H52N2O5S2/c1-7-45-24-28(21-26-14-9-8-10-15-26)37-23-27-17-18-30(31(22-27)29-16-12-11-13-25(29)2)33(39)38(35(42)43-36(3,4)5)32(34(40)41)19-20-44-6/h11-13,16-18,22,26,28,32,37H,7-10,14-15,19-21,23-24H2,1-6H3,(H,40,41)/t28?,32-/m0/s1. The van der Waals surface area contributed by atoms with Crippen molar-refractivity contribution in [3.63, 3.8) is 0 Å². The van der Waals surface area contributed by atoms with E-state index in [-0.39, 0.29) is 12.0 Å². The minimum absolute atomic E-state index is 0.112. The summed E-state index contributed by atoms with van der Waals surface area (Å²) in [6, 6.07) is 12.5. The van der Waals surface area contributed by atoms with E-state index in [1.54, 1.807) is 26.8 Å². The van der Waals surface area contributed by atoms with Crippen molar-refractivity contribution >= 4 is 41.5 Å². The first kappa shape index (κ1) is 37.0. The van der Waals surface area contributed by atoms with Crippen LogP contribution in [0.25, 0.3) is 11.1 Å². The number of aryl methyl sites for hydroxylation is 1. The van der Waals surface area contributed by atoms with Crippen molar-refractivity contribution in [2.75, 3.05) is 23.5 Å². The number of carboxylic acids is 1. The summed E-state index contributed by atoms with van der Waals surface area (Å²) in [7, 11) is 0. The van der Waals surface area contributed by atoms with Gasteiger partial charge in [0.2, 0.25) is 0 Å². The summed E-state index contributed by atoms with van der Waals surface area (Å²) in [5.74, 6) is 1.46. The molecule has 2 amide bonds. The topological polar surface area (TPSA) is 95.9 Å². The lowest BCUT2D eigenvalue weighted by molar-refractivity contribution is -0.142. The maximum atomic E-state index is 14.3. The number of carboxylic acid groups (broad SMARTS) is 1. The number of hydrogen-bond acceptors (Lipinski definition) is 7. The molecule has 1 fully saturated rings. The Hall–Kier alpha value is -2.49. The molecule has 0 heterocycles. The van der Waals surface area contributed by atoms with E-state index in [4.69, 9.17) is 4.74 Å². The van der Waals surface area contributed by atoms with Gasteiger partial charge >= 0.3 is 12.1 Å². The third-order valence-electron chi connectivity index (χ3n) is 8.21. The van der Waals surface area contributed by atoms with E-state index in [9.17, 15) is 19.5 Å². The zero-order chi connectivity index (χ0) is 33.0. The lowest BCUT2D eigenvalue weighted by Gasteiger charge is -2.31. The van der Waals surface area contributed by atoms with E-state index in [0.717, 1.165) is 39.0 Å². The molecule has 248 valence electrons. The second-order valence-corrected chi connectivity index (χ2v) is 15.3. The maximum Gasteiger partial charge on any atom is 0.418 e. The van der Waals surface area contributed by atoms with Gasteiger partial charge in [-0.3, -0.25) is 4.79 Å². The predicted molar refractivity (Wildman–Crippen MR) is 188 cm³/mol. The number of benzene rings is 2. The summed E-state index contributed by atoms with van der Waals surface area (Å²) >= 11 is 3.42. The van der Waals surface area contributed by atoms with Gasteiger partial charge in [0.1, 0.15) is 11.6 Å². The van der Waals surface area contributed by atoms with Crippen LogP contribution in [0.15, 0.2) is 42.5 Å². The van der Waals surface area contributed by atoms with Crippen LogP contribution in [0.4, 0.5) is 4.79 Å².